The lowest BCUT2D eigenvalue weighted by atomic mass is 9.73. The van der Waals surface area contributed by atoms with E-state index in [1.807, 2.05) is 24.3 Å². The van der Waals surface area contributed by atoms with Crippen molar-refractivity contribution in [2.75, 3.05) is 19.7 Å². The van der Waals surface area contributed by atoms with E-state index in [1.54, 1.807) is 11.0 Å². The van der Waals surface area contributed by atoms with E-state index in [-0.39, 0.29) is 48.5 Å². The number of rotatable bonds is 4. The van der Waals surface area contributed by atoms with Crippen LogP contribution in [0.15, 0.2) is 91.0 Å². The van der Waals surface area contributed by atoms with Crippen LogP contribution < -0.4 is 0 Å². The Hall–Kier alpha value is -4.03. The first-order valence-electron chi connectivity index (χ1n) is 12.1. The zero-order chi connectivity index (χ0) is 24.8. The van der Waals surface area contributed by atoms with Gasteiger partial charge < -0.3 is 14.9 Å². The Kier molecular flexibility index (Phi) is 5.53. The summed E-state index contributed by atoms with van der Waals surface area (Å²) in [6, 6.07) is 27.8. The molecule has 0 radical (unpaired) electrons. The minimum atomic E-state index is -0.487. The second-order valence-corrected chi connectivity index (χ2v) is 9.52. The lowest BCUT2D eigenvalue weighted by Gasteiger charge is -2.58. The van der Waals surface area contributed by atoms with Gasteiger partial charge in [-0.3, -0.25) is 9.59 Å². The van der Waals surface area contributed by atoms with Gasteiger partial charge in [0.15, 0.2) is 0 Å². The zero-order valence-electron chi connectivity index (χ0n) is 19.5. The first kappa shape index (κ1) is 22.4. The van der Waals surface area contributed by atoms with Crippen molar-refractivity contribution in [3.63, 3.8) is 0 Å². The fraction of sp³-hybridized carbons (Fsp3) is 0.200. The van der Waals surface area contributed by atoms with Gasteiger partial charge in [-0.25, -0.2) is 4.39 Å². The summed E-state index contributed by atoms with van der Waals surface area (Å²) in [5, 5.41) is 12.4. The Morgan fingerprint density at radius 2 is 1.64 bits per heavy atom. The molecule has 0 aliphatic carbocycles. The van der Waals surface area contributed by atoms with Gasteiger partial charge >= 0.3 is 0 Å². The third-order valence-corrected chi connectivity index (χ3v) is 7.49. The summed E-state index contributed by atoms with van der Waals surface area (Å²) in [5.41, 5.74) is 3.45. The first-order chi connectivity index (χ1) is 17.5. The number of carbonyl (C=O) groups is 2. The van der Waals surface area contributed by atoms with Gasteiger partial charge in [-0.15, -0.1) is 0 Å². The second kappa shape index (κ2) is 8.88. The minimum absolute atomic E-state index is 0.0734. The summed E-state index contributed by atoms with van der Waals surface area (Å²) in [5.74, 6) is -1.13. The fourth-order valence-corrected chi connectivity index (χ4v) is 5.72. The molecule has 2 heterocycles. The van der Waals surface area contributed by atoms with Gasteiger partial charge in [0.1, 0.15) is 12.4 Å². The van der Waals surface area contributed by atoms with Gasteiger partial charge in [0.25, 0.3) is 5.91 Å². The Bertz CT molecular complexity index is 1470. The van der Waals surface area contributed by atoms with Crippen LogP contribution in [0.3, 0.4) is 0 Å². The maximum Gasteiger partial charge on any atom is 0.254 e. The smallest absolute Gasteiger partial charge is 0.254 e. The van der Waals surface area contributed by atoms with Crippen LogP contribution in [0.5, 0.6) is 0 Å². The van der Waals surface area contributed by atoms with Crippen LogP contribution in [-0.4, -0.2) is 58.5 Å². The van der Waals surface area contributed by atoms with Crippen LogP contribution in [0.25, 0.3) is 21.9 Å². The molecule has 2 saturated heterocycles. The molecule has 0 unspecified atom stereocenters. The van der Waals surface area contributed by atoms with E-state index in [2.05, 4.69) is 42.5 Å². The molecule has 0 bridgehead atoms. The van der Waals surface area contributed by atoms with Gasteiger partial charge in [0.05, 0.1) is 18.7 Å². The molecule has 2 amide bonds. The van der Waals surface area contributed by atoms with Crippen molar-refractivity contribution in [1.29, 1.82) is 0 Å². The summed E-state index contributed by atoms with van der Waals surface area (Å²) in [4.78, 5) is 29.1. The summed E-state index contributed by atoms with van der Waals surface area (Å²) in [7, 11) is 0. The van der Waals surface area contributed by atoms with Crippen LogP contribution in [0.1, 0.15) is 21.8 Å². The zero-order valence-corrected chi connectivity index (χ0v) is 19.5. The Balaban J connectivity index is 1.25. The Morgan fingerprint density at radius 3 is 2.39 bits per heavy atom. The second-order valence-electron chi connectivity index (χ2n) is 9.52. The third kappa shape index (κ3) is 3.74. The van der Waals surface area contributed by atoms with Crippen LogP contribution in [-0.2, 0) is 4.79 Å². The highest BCUT2D eigenvalue weighted by Gasteiger charge is 2.54. The molecule has 4 aromatic rings. The van der Waals surface area contributed by atoms with Crippen molar-refractivity contribution in [2.24, 2.45) is 0 Å². The normalized spacial score (nSPS) is 21.3. The summed E-state index contributed by atoms with van der Waals surface area (Å²) in [6.45, 7) is 0.127. The van der Waals surface area contributed by atoms with Gasteiger partial charge in [-0.1, -0.05) is 66.7 Å². The van der Waals surface area contributed by atoms with E-state index in [0.29, 0.717) is 6.54 Å². The molecule has 36 heavy (non-hydrogen) atoms. The average molecular weight is 481 g/mol. The quantitative estimate of drug-likeness (QED) is 0.469. The van der Waals surface area contributed by atoms with E-state index < -0.39 is 5.82 Å². The molecule has 2 aliphatic rings. The van der Waals surface area contributed by atoms with Crippen molar-refractivity contribution < 1.29 is 19.1 Å². The molecule has 4 aromatic carbocycles. The molecule has 3 atom stereocenters. The molecule has 6 rings (SSSR count). The van der Waals surface area contributed by atoms with Crippen molar-refractivity contribution in [2.45, 2.75) is 18.0 Å². The summed E-state index contributed by atoms with van der Waals surface area (Å²) >= 11 is 0. The molecule has 2 fully saturated rings. The van der Waals surface area contributed by atoms with E-state index in [4.69, 9.17) is 0 Å². The predicted molar refractivity (Wildman–Crippen MR) is 136 cm³/mol. The van der Waals surface area contributed by atoms with E-state index >= 15 is 0 Å². The maximum absolute atomic E-state index is 13.7. The number of nitrogens with zero attached hydrogens (tertiary/aromatic N) is 2. The van der Waals surface area contributed by atoms with Crippen LogP contribution in [0, 0.1) is 5.82 Å². The highest BCUT2D eigenvalue weighted by atomic mass is 19.1. The molecule has 6 heteroatoms. The number of carbonyl (C=O) groups excluding carboxylic acids is 2. The number of piperazine rings is 1. The number of halogens is 1. The molecule has 0 spiro atoms. The van der Waals surface area contributed by atoms with Gasteiger partial charge in [-0.2, -0.15) is 0 Å². The predicted octanol–water partition coefficient (Wildman–Crippen LogP) is 4.46. The Labute approximate surface area is 208 Å². The SMILES string of the molecule is O=C(c1cccc(F)c1)N1CC(=O)N2[C@H](CO)[C@H](c3ccc(-c4ccc5ccccc5c4)cc3)[C@@H]2C1. The third-order valence-electron chi connectivity index (χ3n) is 7.49. The molecular weight excluding hydrogens is 455 g/mol. The van der Waals surface area contributed by atoms with E-state index in [0.717, 1.165) is 16.7 Å². The maximum atomic E-state index is 13.7. The summed E-state index contributed by atoms with van der Waals surface area (Å²) in [6.07, 6.45) is 0. The van der Waals surface area contributed by atoms with Crippen LogP contribution in [0.4, 0.5) is 4.39 Å². The number of hydrogen-bond acceptors (Lipinski definition) is 3. The van der Waals surface area contributed by atoms with Gasteiger partial charge in [0.2, 0.25) is 5.91 Å². The molecular formula is C30H25FN2O3. The van der Waals surface area contributed by atoms with Gasteiger partial charge in [0, 0.05) is 18.0 Å². The highest BCUT2D eigenvalue weighted by molar-refractivity contribution is 5.97. The highest BCUT2D eigenvalue weighted by Crippen LogP contribution is 2.43. The van der Waals surface area contributed by atoms with E-state index in [1.165, 1.54) is 33.9 Å². The number of fused-ring (bicyclic) bond motifs is 2. The Morgan fingerprint density at radius 1 is 0.889 bits per heavy atom. The van der Waals surface area contributed by atoms with Gasteiger partial charge in [-0.05, 0) is 51.7 Å². The number of amides is 2. The molecule has 5 nitrogen and oxygen atoms in total. The monoisotopic (exact) mass is 480 g/mol. The molecule has 2 aliphatic heterocycles. The average Bonchev–Trinajstić information content (AvgIpc) is 2.89. The largest absolute Gasteiger partial charge is 0.394 e. The van der Waals surface area contributed by atoms with Crippen molar-refractivity contribution >= 4 is 22.6 Å². The standard InChI is InChI=1S/C30H25FN2O3/c31-25-7-3-6-24(15-25)30(36)32-16-26-29(27(18-34)33(26)28(35)17-32)21-11-8-20(9-12-21)23-13-10-19-4-1-2-5-22(19)14-23/h1-15,26-27,29,34H,16-18H2/t26-,27+,29+/m0/s1. The fourth-order valence-electron chi connectivity index (χ4n) is 5.72. The number of hydrogen-bond donors (Lipinski definition) is 1. The molecule has 180 valence electrons. The van der Waals surface area contributed by atoms with E-state index in [9.17, 15) is 19.1 Å². The lowest BCUT2D eigenvalue weighted by Crippen LogP contribution is -2.73. The molecule has 0 saturated carbocycles. The van der Waals surface area contributed by atoms with Crippen molar-refractivity contribution in [3.8, 4) is 11.1 Å². The first-order valence-corrected chi connectivity index (χ1v) is 12.1. The number of aliphatic hydroxyl groups is 1. The lowest BCUT2D eigenvalue weighted by molar-refractivity contribution is -0.159. The molecule has 1 N–H and O–H groups in total. The van der Waals surface area contributed by atoms with Crippen LogP contribution >= 0.6 is 0 Å². The van der Waals surface area contributed by atoms with Crippen molar-refractivity contribution in [1.82, 2.24) is 9.80 Å². The minimum Gasteiger partial charge on any atom is -0.394 e. The molecule has 0 aromatic heterocycles. The van der Waals surface area contributed by atoms with Crippen LogP contribution in [0.2, 0.25) is 0 Å². The number of aliphatic hydroxyl groups excluding tert-OH is 1. The van der Waals surface area contributed by atoms with Crippen molar-refractivity contribution in [3.05, 3.63) is 108 Å². The topological polar surface area (TPSA) is 60.9 Å². The number of benzene rings is 4. The summed E-state index contributed by atoms with van der Waals surface area (Å²) < 4.78 is 13.7.